The van der Waals surface area contributed by atoms with Crippen LogP contribution in [0.3, 0.4) is 0 Å². The average molecular weight is 269 g/mol. The van der Waals surface area contributed by atoms with Crippen LogP contribution in [0.4, 0.5) is 0 Å². The number of aryl methyl sites for hydroxylation is 1. The zero-order valence-electron chi connectivity index (χ0n) is 11.9. The summed E-state index contributed by atoms with van der Waals surface area (Å²) in [6, 6.07) is 1.52. The van der Waals surface area contributed by atoms with Crippen molar-refractivity contribution in [1.29, 1.82) is 0 Å². The van der Waals surface area contributed by atoms with Gasteiger partial charge in [0.1, 0.15) is 0 Å². The minimum Gasteiger partial charge on any atom is -0.395 e. The number of nitrogens with zero attached hydrogens (tertiary/aromatic N) is 3. The summed E-state index contributed by atoms with van der Waals surface area (Å²) in [6.07, 6.45) is 1.54. The summed E-state index contributed by atoms with van der Waals surface area (Å²) < 4.78 is 2.62. The summed E-state index contributed by atoms with van der Waals surface area (Å²) in [5.41, 5.74) is 0.208. The van der Waals surface area contributed by atoms with Crippen LogP contribution in [0.2, 0.25) is 0 Å². The van der Waals surface area contributed by atoms with E-state index in [1.807, 2.05) is 6.92 Å². The number of likely N-dealkylation sites (N-methyl/N-ethyl adjacent to an activating group) is 1. The molecule has 0 aliphatic heterocycles. The van der Waals surface area contributed by atoms with Gasteiger partial charge in [-0.2, -0.15) is 0 Å². The molecule has 1 rings (SSSR count). The molecule has 0 saturated carbocycles. The lowest BCUT2D eigenvalue weighted by atomic mass is 10.2. The van der Waals surface area contributed by atoms with Gasteiger partial charge in [0.05, 0.1) is 6.61 Å². The Hall–Kier alpha value is -1.40. The zero-order valence-corrected chi connectivity index (χ0v) is 11.9. The lowest BCUT2D eigenvalue weighted by Crippen LogP contribution is -2.38. The van der Waals surface area contributed by atoms with Crippen molar-refractivity contribution in [2.24, 2.45) is 14.1 Å². The van der Waals surface area contributed by atoms with Crippen LogP contribution < -0.4 is 11.2 Å². The van der Waals surface area contributed by atoms with E-state index < -0.39 is 0 Å². The van der Waals surface area contributed by atoms with Crippen molar-refractivity contribution in [1.82, 2.24) is 14.0 Å². The van der Waals surface area contributed by atoms with Crippen molar-refractivity contribution >= 4 is 0 Å². The zero-order chi connectivity index (χ0) is 14.4. The Morgan fingerprint density at radius 3 is 2.47 bits per heavy atom. The number of aliphatic hydroxyl groups is 1. The molecule has 0 aromatic carbocycles. The summed E-state index contributed by atoms with van der Waals surface area (Å²) in [4.78, 5) is 25.5. The van der Waals surface area contributed by atoms with Gasteiger partial charge in [-0.25, -0.2) is 4.79 Å². The molecule has 6 nitrogen and oxygen atoms in total. The van der Waals surface area contributed by atoms with Crippen molar-refractivity contribution in [2.45, 2.75) is 19.8 Å². The summed E-state index contributed by atoms with van der Waals surface area (Å²) in [5.74, 6) is 0. The molecule has 1 aromatic rings. The Bertz CT molecular complexity index is 519. The van der Waals surface area contributed by atoms with E-state index in [-0.39, 0.29) is 17.9 Å². The van der Waals surface area contributed by atoms with Crippen molar-refractivity contribution in [2.75, 3.05) is 26.2 Å². The fraction of sp³-hybridized carbons (Fsp3) is 0.692. The van der Waals surface area contributed by atoms with Crippen molar-refractivity contribution in [3.8, 4) is 0 Å². The second-order valence-corrected chi connectivity index (χ2v) is 4.64. The van der Waals surface area contributed by atoms with Gasteiger partial charge in [0, 0.05) is 32.4 Å². The van der Waals surface area contributed by atoms with Crippen LogP contribution >= 0.6 is 0 Å². The molecule has 19 heavy (non-hydrogen) atoms. The first-order valence-corrected chi connectivity index (χ1v) is 6.60. The standard InChI is InChI=1S/C13H23N3O3/c1-4-16(8-9-17)7-5-6-11-10-12(18)15(3)13(19)14(11)2/h10,17H,4-9H2,1-3H3. The monoisotopic (exact) mass is 269 g/mol. The highest BCUT2D eigenvalue weighted by atomic mass is 16.3. The van der Waals surface area contributed by atoms with Crippen LogP contribution in [0, 0.1) is 0 Å². The molecule has 0 amide bonds. The Morgan fingerprint density at radius 1 is 1.21 bits per heavy atom. The first-order chi connectivity index (χ1) is 9.01. The summed E-state index contributed by atoms with van der Waals surface area (Å²) in [6.45, 7) is 4.59. The smallest absolute Gasteiger partial charge is 0.330 e. The Balaban J connectivity index is 2.69. The van der Waals surface area contributed by atoms with Gasteiger partial charge in [-0.05, 0) is 25.9 Å². The fourth-order valence-electron chi connectivity index (χ4n) is 2.07. The Labute approximate surface area is 112 Å². The molecule has 0 fully saturated rings. The predicted octanol–water partition coefficient (Wildman–Crippen LogP) is -0.669. The van der Waals surface area contributed by atoms with Crippen LogP contribution in [0.25, 0.3) is 0 Å². The molecule has 0 unspecified atom stereocenters. The van der Waals surface area contributed by atoms with Crippen LogP contribution in [0.5, 0.6) is 0 Å². The largest absolute Gasteiger partial charge is 0.395 e. The average Bonchev–Trinajstić information content (AvgIpc) is 2.41. The van der Waals surface area contributed by atoms with Gasteiger partial charge in [0.2, 0.25) is 0 Å². The second kappa shape index (κ2) is 7.25. The van der Waals surface area contributed by atoms with E-state index in [2.05, 4.69) is 4.90 Å². The van der Waals surface area contributed by atoms with Crippen LogP contribution in [0.1, 0.15) is 19.0 Å². The lowest BCUT2D eigenvalue weighted by Gasteiger charge is -2.19. The maximum atomic E-state index is 11.7. The highest BCUT2D eigenvalue weighted by Gasteiger charge is 2.07. The molecule has 0 aliphatic carbocycles. The Morgan fingerprint density at radius 2 is 1.89 bits per heavy atom. The van der Waals surface area contributed by atoms with Gasteiger partial charge < -0.3 is 14.6 Å². The van der Waals surface area contributed by atoms with Crippen LogP contribution in [-0.4, -0.2) is 45.4 Å². The molecule has 1 heterocycles. The molecule has 0 aliphatic rings. The minimum atomic E-state index is -0.287. The highest BCUT2D eigenvalue weighted by Crippen LogP contribution is 1.99. The first kappa shape index (κ1) is 15.7. The highest BCUT2D eigenvalue weighted by molar-refractivity contribution is 5.02. The van der Waals surface area contributed by atoms with Gasteiger partial charge >= 0.3 is 5.69 Å². The maximum absolute atomic E-state index is 11.7. The SMILES string of the molecule is CCN(CCO)CCCc1cc(=O)n(C)c(=O)n1C. The third kappa shape index (κ3) is 4.04. The number of hydrogen-bond donors (Lipinski definition) is 1. The molecule has 1 N–H and O–H groups in total. The molecule has 1 aromatic heterocycles. The van der Waals surface area contributed by atoms with E-state index in [4.69, 9.17) is 5.11 Å². The van der Waals surface area contributed by atoms with E-state index in [1.54, 1.807) is 7.05 Å². The number of rotatable bonds is 7. The molecule has 108 valence electrons. The molecule has 0 atom stereocenters. The quantitative estimate of drug-likeness (QED) is 0.713. The molecular weight excluding hydrogens is 246 g/mol. The fourth-order valence-corrected chi connectivity index (χ4v) is 2.07. The summed E-state index contributed by atoms with van der Waals surface area (Å²) >= 11 is 0. The van der Waals surface area contributed by atoms with Gasteiger partial charge in [0.25, 0.3) is 5.56 Å². The van der Waals surface area contributed by atoms with Gasteiger partial charge in [0.15, 0.2) is 0 Å². The normalized spacial score (nSPS) is 11.2. The Kier molecular flexibility index (Phi) is 5.98. The molecule has 0 saturated heterocycles. The first-order valence-electron chi connectivity index (χ1n) is 6.60. The summed E-state index contributed by atoms with van der Waals surface area (Å²) in [7, 11) is 3.16. The molecular formula is C13H23N3O3. The third-order valence-electron chi connectivity index (χ3n) is 3.40. The topological polar surface area (TPSA) is 67.5 Å². The summed E-state index contributed by atoms with van der Waals surface area (Å²) in [5, 5.41) is 8.90. The van der Waals surface area contributed by atoms with Gasteiger partial charge in [-0.1, -0.05) is 6.92 Å². The predicted molar refractivity (Wildman–Crippen MR) is 74.4 cm³/mol. The molecule has 0 bridgehead atoms. The number of aromatic nitrogens is 2. The molecule has 6 heteroatoms. The van der Waals surface area contributed by atoms with Crippen molar-refractivity contribution in [3.05, 3.63) is 32.6 Å². The van der Waals surface area contributed by atoms with E-state index in [0.29, 0.717) is 13.0 Å². The van der Waals surface area contributed by atoms with Crippen LogP contribution in [0.15, 0.2) is 15.7 Å². The van der Waals surface area contributed by atoms with E-state index in [0.717, 1.165) is 29.8 Å². The van der Waals surface area contributed by atoms with Gasteiger partial charge in [-0.15, -0.1) is 0 Å². The van der Waals surface area contributed by atoms with Crippen LogP contribution in [-0.2, 0) is 20.5 Å². The molecule has 0 spiro atoms. The van der Waals surface area contributed by atoms with Crippen molar-refractivity contribution < 1.29 is 5.11 Å². The number of hydrogen-bond acceptors (Lipinski definition) is 4. The van der Waals surface area contributed by atoms with Gasteiger partial charge in [-0.3, -0.25) is 9.36 Å². The van der Waals surface area contributed by atoms with Crippen molar-refractivity contribution in [3.63, 3.8) is 0 Å². The molecule has 0 radical (unpaired) electrons. The second-order valence-electron chi connectivity index (χ2n) is 4.64. The maximum Gasteiger partial charge on any atom is 0.330 e. The van der Waals surface area contributed by atoms with E-state index >= 15 is 0 Å². The number of aliphatic hydroxyl groups excluding tert-OH is 1. The third-order valence-corrected chi connectivity index (χ3v) is 3.40. The van der Waals surface area contributed by atoms with E-state index in [1.165, 1.54) is 17.7 Å². The lowest BCUT2D eigenvalue weighted by molar-refractivity contribution is 0.200. The minimum absolute atomic E-state index is 0.151. The van der Waals surface area contributed by atoms with E-state index in [9.17, 15) is 9.59 Å².